The average Bonchev–Trinajstić information content (AvgIpc) is 3.05. The maximum Gasteiger partial charge on any atom is 0.329 e. The number of nitrogens with zero attached hydrogens (tertiary/aromatic N) is 1. The van der Waals surface area contributed by atoms with Crippen LogP contribution in [0.1, 0.15) is 50.5 Å². The van der Waals surface area contributed by atoms with Crippen molar-refractivity contribution in [2.45, 2.75) is 50.9 Å². The number of benzene rings is 1. The van der Waals surface area contributed by atoms with Gasteiger partial charge in [-0.25, -0.2) is 4.79 Å². The zero-order valence-electron chi connectivity index (χ0n) is 14.5. The van der Waals surface area contributed by atoms with E-state index in [2.05, 4.69) is 0 Å². The molecule has 0 saturated carbocycles. The van der Waals surface area contributed by atoms with Crippen LogP contribution >= 0.6 is 35.0 Å². The first-order chi connectivity index (χ1) is 12.0. The summed E-state index contributed by atoms with van der Waals surface area (Å²) in [6.45, 7) is 4.35. The number of rotatable bonds is 7. The molecule has 2 rings (SSSR count). The molecule has 0 radical (unpaired) electrons. The fourth-order valence-electron chi connectivity index (χ4n) is 2.67. The Balaban J connectivity index is 2.26. The van der Waals surface area contributed by atoms with Gasteiger partial charge in [-0.05, 0) is 30.5 Å². The first-order valence-electron chi connectivity index (χ1n) is 8.53. The van der Waals surface area contributed by atoms with Gasteiger partial charge in [-0.1, -0.05) is 49.5 Å². The SMILES string of the molecule is CCCCC(=O)N1C(C(=O)OCCC)CSC1c1ccc(Cl)c(Cl)c1. The van der Waals surface area contributed by atoms with Crippen LogP contribution in [0.25, 0.3) is 0 Å². The van der Waals surface area contributed by atoms with Gasteiger partial charge in [0.1, 0.15) is 11.4 Å². The zero-order chi connectivity index (χ0) is 18.4. The molecule has 7 heteroatoms. The van der Waals surface area contributed by atoms with Crippen LogP contribution in [0.5, 0.6) is 0 Å². The van der Waals surface area contributed by atoms with Crippen molar-refractivity contribution in [2.75, 3.05) is 12.4 Å². The Hall–Kier alpha value is -0.910. The molecule has 2 atom stereocenters. The molecule has 0 aliphatic carbocycles. The van der Waals surface area contributed by atoms with Gasteiger partial charge in [0.05, 0.1) is 16.7 Å². The summed E-state index contributed by atoms with van der Waals surface area (Å²) in [7, 11) is 0. The molecule has 25 heavy (non-hydrogen) atoms. The van der Waals surface area contributed by atoms with Crippen molar-refractivity contribution in [3.8, 4) is 0 Å². The fraction of sp³-hybridized carbons (Fsp3) is 0.556. The molecular weight excluding hydrogens is 381 g/mol. The third-order valence-electron chi connectivity index (χ3n) is 3.98. The highest BCUT2D eigenvalue weighted by Crippen LogP contribution is 2.43. The minimum absolute atomic E-state index is 0.0265. The number of hydrogen-bond acceptors (Lipinski definition) is 4. The van der Waals surface area contributed by atoms with Crippen molar-refractivity contribution in [1.82, 2.24) is 4.90 Å². The number of carbonyl (C=O) groups is 2. The van der Waals surface area contributed by atoms with Gasteiger partial charge in [0.15, 0.2) is 0 Å². The Morgan fingerprint density at radius 3 is 2.64 bits per heavy atom. The molecule has 1 fully saturated rings. The van der Waals surface area contributed by atoms with Crippen molar-refractivity contribution in [3.05, 3.63) is 33.8 Å². The van der Waals surface area contributed by atoms with E-state index in [1.165, 1.54) is 0 Å². The number of carbonyl (C=O) groups excluding carboxylic acids is 2. The van der Waals surface area contributed by atoms with Crippen LogP contribution in [0.15, 0.2) is 18.2 Å². The van der Waals surface area contributed by atoms with E-state index >= 15 is 0 Å². The van der Waals surface area contributed by atoms with E-state index < -0.39 is 6.04 Å². The molecule has 1 amide bonds. The predicted molar refractivity (Wildman–Crippen MR) is 103 cm³/mol. The van der Waals surface area contributed by atoms with E-state index in [-0.39, 0.29) is 17.3 Å². The van der Waals surface area contributed by atoms with Crippen molar-refractivity contribution in [3.63, 3.8) is 0 Å². The number of thioether (sulfide) groups is 1. The lowest BCUT2D eigenvalue weighted by atomic mass is 10.1. The summed E-state index contributed by atoms with van der Waals surface area (Å²) in [6, 6.07) is 4.78. The maximum absolute atomic E-state index is 12.8. The predicted octanol–water partition coefficient (Wildman–Crippen LogP) is 5.08. The molecule has 1 aliphatic heterocycles. The third kappa shape index (κ3) is 5.05. The Morgan fingerprint density at radius 2 is 2.00 bits per heavy atom. The maximum atomic E-state index is 12.8. The topological polar surface area (TPSA) is 46.6 Å². The summed E-state index contributed by atoms with van der Waals surface area (Å²) < 4.78 is 5.29. The van der Waals surface area contributed by atoms with Gasteiger partial charge in [-0.3, -0.25) is 4.79 Å². The van der Waals surface area contributed by atoms with E-state index in [1.54, 1.807) is 28.8 Å². The summed E-state index contributed by atoms with van der Waals surface area (Å²) >= 11 is 13.7. The van der Waals surface area contributed by atoms with E-state index in [0.717, 1.165) is 24.8 Å². The molecule has 0 aromatic heterocycles. The average molecular weight is 404 g/mol. The van der Waals surface area contributed by atoms with Crippen molar-refractivity contribution in [1.29, 1.82) is 0 Å². The fourth-order valence-corrected chi connectivity index (χ4v) is 4.40. The molecule has 1 aromatic rings. The molecule has 4 nitrogen and oxygen atoms in total. The van der Waals surface area contributed by atoms with Crippen LogP contribution in [0.4, 0.5) is 0 Å². The molecule has 0 bridgehead atoms. The number of halogens is 2. The highest BCUT2D eigenvalue weighted by atomic mass is 35.5. The Kier molecular flexibility index (Phi) is 7.91. The molecule has 1 aromatic carbocycles. The van der Waals surface area contributed by atoms with Crippen LogP contribution in [-0.4, -0.2) is 35.2 Å². The molecular formula is C18H23Cl2NO3S. The Labute approximate surface area is 163 Å². The molecule has 2 unspecified atom stereocenters. The van der Waals surface area contributed by atoms with Crippen molar-refractivity contribution >= 4 is 46.8 Å². The second-order valence-corrected chi connectivity index (χ2v) is 7.87. The minimum atomic E-state index is -0.555. The highest BCUT2D eigenvalue weighted by molar-refractivity contribution is 7.99. The van der Waals surface area contributed by atoms with Gasteiger partial charge in [0, 0.05) is 12.2 Å². The second-order valence-electron chi connectivity index (χ2n) is 5.95. The van der Waals surface area contributed by atoms with Gasteiger partial charge in [-0.2, -0.15) is 0 Å². The van der Waals surface area contributed by atoms with Crippen LogP contribution in [0.2, 0.25) is 10.0 Å². The third-order valence-corrected chi connectivity index (χ3v) is 6.04. The van der Waals surface area contributed by atoms with Crippen molar-refractivity contribution < 1.29 is 14.3 Å². The van der Waals surface area contributed by atoms with E-state index in [1.807, 2.05) is 19.9 Å². The van der Waals surface area contributed by atoms with Crippen molar-refractivity contribution in [2.24, 2.45) is 0 Å². The number of hydrogen-bond donors (Lipinski definition) is 0. The van der Waals surface area contributed by atoms with Gasteiger partial charge in [0.2, 0.25) is 5.91 Å². The summed E-state index contributed by atoms with van der Waals surface area (Å²) in [6.07, 6.45) is 2.90. The number of esters is 1. The first kappa shape index (κ1) is 20.4. The largest absolute Gasteiger partial charge is 0.464 e. The van der Waals surface area contributed by atoms with Gasteiger partial charge >= 0.3 is 5.97 Å². The first-order valence-corrected chi connectivity index (χ1v) is 10.3. The molecule has 1 aliphatic rings. The standard InChI is InChI=1S/C18H23Cl2NO3S/c1-3-5-6-16(22)21-15(18(23)24-9-4-2)11-25-17(21)12-7-8-13(19)14(20)10-12/h7-8,10,15,17H,3-6,9,11H2,1-2H3. The number of unbranched alkanes of at least 4 members (excludes halogenated alkanes) is 1. The smallest absolute Gasteiger partial charge is 0.329 e. The zero-order valence-corrected chi connectivity index (χ0v) is 16.8. The van der Waals surface area contributed by atoms with Gasteiger partial charge < -0.3 is 9.64 Å². The molecule has 0 N–H and O–H groups in total. The number of ether oxygens (including phenoxy) is 1. The molecule has 138 valence electrons. The van der Waals surface area contributed by atoms with E-state index in [4.69, 9.17) is 27.9 Å². The lowest BCUT2D eigenvalue weighted by Gasteiger charge is -2.29. The minimum Gasteiger partial charge on any atom is -0.464 e. The second kappa shape index (κ2) is 9.70. The lowest BCUT2D eigenvalue weighted by Crippen LogP contribution is -2.43. The summed E-state index contributed by atoms with van der Waals surface area (Å²) in [5.74, 6) is 0.161. The summed E-state index contributed by atoms with van der Waals surface area (Å²) in [5.41, 5.74) is 0.870. The van der Waals surface area contributed by atoms with Gasteiger partial charge in [0.25, 0.3) is 0 Å². The molecule has 0 spiro atoms. The number of amides is 1. The van der Waals surface area contributed by atoms with E-state index in [9.17, 15) is 9.59 Å². The highest BCUT2D eigenvalue weighted by Gasteiger charge is 2.42. The lowest BCUT2D eigenvalue weighted by molar-refractivity contribution is -0.154. The Bertz CT molecular complexity index is 626. The van der Waals surface area contributed by atoms with Gasteiger partial charge in [-0.15, -0.1) is 11.8 Å². The van der Waals surface area contributed by atoms with Crippen LogP contribution in [0.3, 0.4) is 0 Å². The monoisotopic (exact) mass is 403 g/mol. The molecule has 1 heterocycles. The summed E-state index contributed by atoms with van der Waals surface area (Å²) in [4.78, 5) is 26.9. The van der Waals surface area contributed by atoms with Crippen LogP contribution in [-0.2, 0) is 14.3 Å². The quantitative estimate of drug-likeness (QED) is 0.595. The Morgan fingerprint density at radius 1 is 1.24 bits per heavy atom. The normalized spacial score (nSPS) is 19.9. The van der Waals surface area contributed by atoms with E-state index in [0.29, 0.717) is 28.8 Å². The summed E-state index contributed by atoms with van der Waals surface area (Å²) in [5, 5.41) is 0.659. The van der Waals surface area contributed by atoms with Crippen LogP contribution in [0, 0.1) is 0 Å². The van der Waals surface area contributed by atoms with Crippen LogP contribution < -0.4 is 0 Å². The molecule has 1 saturated heterocycles.